The molecule has 0 aromatic rings. The van der Waals surface area contributed by atoms with Gasteiger partial charge in [0.2, 0.25) is 0 Å². The van der Waals surface area contributed by atoms with Crippen molar-refractivity contribution in [3.63, 3.8) is 0 Å². The molecule has 1 aliphatic heterocycles. The van der Waals surface area contributed by atoms with Gasteiger partial charge in [-0.25, -0.2) is 0 Å². The van der Waals surface area contributed by atoms with Gasteiger partial charge < -0.3 is 5.73 Å². The van der Waals surface area contributed by atoms with Crippen molar-refractivity contribution >= 4 is 5.84 Å². The van der Waals surface area contributed by atoms with Crippen LogP contribution in [0.2, 0.25) is 0 Å². The molecule has 1 saturated heterocycles. The molecule has 1 rings (SSSR count). The molecule has 2 atom stereocenters. The van der Waals surface area contributed by atoms with Gasteiger partial charge in [-0.3, -0.25) is 10.3 Å². The van der Waals surface area contributed by atoms with Crippen molar-refractivity contribution < 1.29 is 0 Å². The van der Waals surface area contributed by atoms with Crippen molar-refractivity contribution in [2.45, 2.75) is 52.1 Å². The zero-order valence-electron chi connectivity index (χ0n) is 9.59. The minimum Gasteiger partial charge on any atom is -0.386 e. The fourth-order valence-electron chi connectivity index (χ4n) is 2.55. The van der Waals surface area contributed by atoms with Crippen LogP contribution in [0.15, 0.2) is 0 Å². The van der Waals surface area contributed by atoms with Gasteiger partial charge in [-0.1, -0.05) is 20.8 Å². The first-order valence-corrected chi connectivity index (χ1v) is 5.67. The maximum absolute atomic E-state index is 7.58. The summed E-state index contributed by atoms with van der Waals surface area (Å²) in [4.78, 5) is 2.42. The van der Waals surface area contributed by atoms with Gasteiger partial charge in [0, 0.05) is 6.04 Å². The van der Waals surface area contributed by atoms with Crippen molar-refractivity contribution in [3.05, 3.63) is 0 Å². The van der Waals surface area contributed by atoms with Crippen LogP contribution >= 0.6 is 0 Å². The predicted octanol–water partition coefficient (Wildman–Crippen LogP) is 1.82. The number of hydrogen-bond acceptors (Lipinski definition) is 2. The van der Waals surface area contributed by atoms with Gasteiger partial charge >= 0.3 is 0 Å². The first-order chi connectivity index (χ1) is 6.57. The summed E-state index contributed by atoms with van der Waals surface area (Å²) in [5.41, 5.74) is 5.63. The Labute approximate surface area is 87.2 Å². The Bertz CT molecular complexity index is 201. The lowest BCUT2D eigenvalue weighted by atomic mass is 10.00. The first kappa shape index (κ1) is 11.5. The Balaban J connectivity index is 2.69. The highest BCUT2D eigenvalue weighted by molar-refractivity contribution is 5.82. The minimum atomic E-state index is 0.171. The fourth-order valence-corrected chi connectivity index (χ4v) is 2.55. The van der Waals surface area contributed by atoms with E-state index in [0.717, 1.165) is 13.0 Å². The number of likely N-dealkylation sites (tertiary alicyclic amines) is 1. The molecule has 14 heavy (non-hydrogen) atoms. The molecule has 1 heterocycles. The lowest BCUT2D eigenvalue weighted by Gasteiger charge is -2.33. The molecule has 0 aromatic carbocycles. The second-order valence-electron chi connectivity index (χ2n) is 4.57. The highest BCUT2D eigenvalue weighted by atomic mass is 15.2. The van der Waals surface area contributed by atoms with Crippen molar-refractivity contribution in [2.24, 2.45) is 11.7 Å². The summed E-state index contributed by atoms with van der Waals surface area (Å²) in [6, 6.07) is 0.800. The van der Waals surface area contributed by atoms with E-state index in [1.807, 2.05) is 0 Å². The summed E-state index contributed by atoms with van der Waals surface area (Å²) in [5.74, 6) is 1.01. The number of nitrogens with two attached hydrogens (primary N) is 1. The van der Waals surface area contributed by atoms with E-state index in [9.17, 15) is 0 Å². The Hall–Kier alpha value is -0.570. The Morgan fingerprint density at radius 2 is 2.21 bits per heavy atom. The average molecular weight is 197 g/mol. The van der Waals surface area contributed by atoms with Crippen LogP contribution in [0.25, 0.3) is 0 Å². The summed E-state index contributed by atoms with van der Waals surface area (Å²) in [7, 11) is 0. The number of hydrogen-bond donors (Lipinski definition) is 2. The van der Waals surface area contributed by atoms with E-state index >= 15 is 0 Å². The van der Waals surface area contributed by atoms with E-state index < -0.39 is 0 Å². The maximum Gasteiger partial charge on any atom is 0.108 e. The molecule has 0 amide bonds. The Morgan fingerprint density at radius 3 is 2.64 bits per heavy atom. The van der Waals surface area contributed by atoms with Crippen molar-refractivity contribution in [1.82, 2.24) is 4.90 Å². The van der Waals surface area contributed by atoms with Crippen molar-refractivity contribution in [3.8, 4) is 0 Å². The average Bonchev–Trinajstić information content (AvgIpc) is 2.53. The third kappa shape index (κ3) is 2.27. The first-order valence-electron chi connectivity index (χ1n) is 5.67. The van der Waals surface area contributed by atoms with Crippen LogP contribution in [0.4, 0.5) is 0 Å². The van der Waals surface area contributed by atoms with E-state index in [4.69, 9.17) is 11.1 Å². The second kappa shape index (κ2) is 4.78. The van der Waals surface area contributed by atoms with Crippen LogP contribution in [-0.2, 0) is 0 Å². The Morgan fingerprint density at radius 1 is 1.57 bits per heavy atom. The van der Waals surface area contributed by atoms with Crippen molar-refractivity contribution in [1.29, 1.82) is 5.41 Å². The van der Waals surface area contributed by atoms with Gasteiger partial charge in [-0.05, 0) is 31.7 Å². The molecule has 82 valence electrons. The highest BCUT2D eigenvalue weighted by Gasteiger charge is 2.32. The molecule has 1 aliphatic rings. The van der Waals surface area contributed by atoms with E-state index in [0.29, 0.717) is 17.8 Å². The molecule has 0 saturated carbocycles. The zero-order chi connectivity index (χ0) is 10.7. The Kier molecular flexibility index (Phi) is 3.93. The molecule has 3 N–H and O–H groups in total. The van der Waals surface area contributed by atoms with Gasteiger partial charge in [0.1, 0.15) is 5.84 Å². The molecule has 2 unspecified atom stereocenters. The third-order valence-electron chi connectivity index (χ3n) is 3.26. The van der Waals surface area contributed by atoms with Crippen LogP contribution < -0.4 is 5.73 Å². The molecule has 0 bridgehead atoms. The summed E-state index contributed by atoms with van der Waals surface area (Å²) < 4.78 is 0. The van der Waals surface area contributed by atoms with E-state index in [-0.39, 0.29) is 6.04 Å². The monoisotopic (exact) mass is 197 g/mol. The minimum absolute atomic E-state index is 0.171. The summed E-state index contributed by atoms with van der Waals surface area (Å²) in [6.45, 7) is 7.74. The van der Waals surface area contributed by atoms with E-state index in [1.54, 1.807) is 0 Å². The molecule has 0 aliphatic carbocycles. The fraction of sp³-hybridized carbons (Fsp3) is 0.909. The molecule has 3 heteroatoms. The van der Waals surface area contributed by atoms with Gasteiger partial charge in [-0.15, -0.1) is 0 Å². The van der Waals surface area contributed by atoms with Gasteiger partial charge in [-0.2, -0.15) is 0 Å². The van der Waals surface area contributed by atoms with Gasteiger partial charge in [0.25, 0.3) is 0 Å². The van der Waals surface area contributed by atoms with Crippen LogP contribution in [0.5, 0.6) is 0 Å². The lowest BCUT2D eigenvalue weighted by Crippen LogP contribution is -2.48. The van der Waals surface area contributed by atoms with Crippen LogP contribution in [-0.4, -0.2) is 29.4 Å². The normalized spacial score (nSPS) is 25.6. The topological polar surface area (TPSA) is 53.1 Å². The quantitative estimate of drug-likeness (QED) is 0.533. The number of nitrogens with zero attached hydrogens (tertiary/aromatic N) is 1. The number of amidine groups is 1. The molecular weight excluding hydrogens is 174 g/mol. The molecule has 0 aromatic heterocycles. The summed E-state index contributed by atoms with van der Waals surface area (Å²) in [5, 5.41) is 7.58. The molecule has 3 nitrogen and oxygen atoms in total. The zero-order valence-corrected chi connectivity index (χ0v) is 9.59. The third-order valence-corrected chi connectivity index (χ3v) is 3.26. The van der Waals surface area contributed by atoms with Crippen LogP contribution in [0, 0.1) is 11.3 Å². The standard InChI is InChI=1S/C11H23N3/c1-4-9(11(12)13)14-7-5-6-10(14)8(2)3/h8-10H,4-7H2,1-3H3,(H3,12,13). The molecule has 1 fully saturated rings. The van der Waals surface area contributed by atoms with Gasteiger partial charge in [0.15, 0.2) is 0 Å². The lowest BCUT2D eigenvalue weighted by molar-refractivity contribution is 0.177. The van der Waals surface area contributed by atoms with Gasteiger partial charge in [0.05, 0.1) is 6.04 Å². The molecule has 0 spiro atoms. The van der Waals surface area contributed by atoms with Crippen molar-refractivity contribution in [2.75, 3.05) is 6.54 Å². The number of nitrogens with one attached hydrogen (secondary N) is 1. The van der Waals surface area contributed by atoms with E-state index in [1.165, 1.54) is 12.8 Å². The highest BCUT2D eigenvalue weighted by Crippen LogP contribution is 2.26. The smallest absolute Gasteiger partial charge is 0.108 e. The molecular formula is C11H23N3. The number of rotatable bonds is 4. The SMILES string of the molecule is CCC(C(=N)N)N1CCCC1C(C)C. The van der Waals surface area contributed by atoms with Crippen LogP contribution in [0.3, 0.4) is 0 Å². The largest absolute Gasteiger partial charge is 0.386 e. The van der Waals surface area contributed by atoms with Crippen LogP contribution in [0.1, 0.15) is 40.0 Å². The summed E-state index contributed by atoms with van der Waals surface area (Å²) in [6.07, 6.45) is 3.48. The van der Waals surface area contributed by atoms with E-state index in [2.05, 4.69) is 25.7 Å². The second-order valence-corrected chi connectivity index (χ2v) is 4.57. The maximum atomic E-state index is 7.58. The molecule has 0 radical (unpaired) electrons. The summed E-state index contributed by atoms with van der Waals surface area (Å²) >= 11 is 0. The predicted molar refractivity (Wildman–Crippen MR) is 60.6 cm³/mol.